The molecule has 0 saturated heterocycles. The Bertz CT molecular complexity index is 408. The molecule has 1 heterocycles. The highest BCUT2D eigenvalue weighted by atomic mass is 16.5. The van der Waals surface area contributed by atoms with Crippen molar-refractivity contribution in [3.8, 4) is 0 Å². The fraction of sp³-hybridized carbons (Fsp3) is 0.500. The van der Waals surface area contributed by atoms with E-state index in [2.05, 4.69) is 5.16 Å². The van der Waals surface area contributed by atoms with Crippen LogP contribution < -0.4 is 0 Å². The van der Waals surface area contributed by atoms with E-state index in [1.165, 1.54) is 0 Å². The highest BCUT2D eigenvalue weighted by Gasteiger charge is 2.30. The molecule has 1 aromatic heterocycles. The second kappa shape index (κ2) is 3.84. The minimum Gasteiger partial charge on any atom is -0.461 e. The first kappa shape index (κ1) is 9.89. The van der Waals surface area contributed by atoms with E-state index in [9.17, 15) is 9.59 Å². The maximum absolute atomic E-state index is 11.6. The fourth-order valence-corrected chi connectivity index (χ4v) is 1.66. The van der Waals surface area contributed by atoms with E-state index in [-0.39, 0.29) is 18.1 Å². The summed E-state index contributed by atoms with van der Waals surface area (Å²) in [4.78, 5) is 23.0. The summed E-state index contributed by atoms with van der Waals surface area (Å²) in [7, 11) is 0. The first-order valence-corrected chi connectivity index (χ1v) is 4.93. The van der Waals surface area contributed by atoms with Crippen LogP contribution >= 0.6 is 0 Å². The average molecular weight is 209 g/mol. The van der Waals surface area contributed by atoms with E-state index < -0.39 is 5.97 Å². The molecule has 80 valence electrons. The predicted octanol–water partition coefficient (Wildman–Crippen LogP) is 1.37. The highest BCUT2D eigenvalue weighted by Crippen LogP contribution is 2.24. The van der Waals surface area contributed by atoms with Crippen molar-refractivity contribution in [2.45, 2.75) is 26.2 Å². The molecule has 0 bridgehead atoms. The van der Waals surface area contributed by atoms with Gasteiger partial charge in [-0.3, -0.25) is 4.79 Å². The number of aryl methyl sites for hydroxylation is 1. The summed E-state index contributed by atoms with van der Waals surface area (Å²) < 4.78 is 9.74. The van der Waals surface area contributed by atoms with Gasteiger partial charge in [0.15, 0.2) is 5.78 Å². The van der Waals surface area contributed by atoms with Crippen molar-refractivity contribution < 1.29 is 18.8 Å². The van der Waals surface area contributed by atoms with Crippen LogP contribution in [0.3, 0.4) is 0 Å². The van der Waals surface area contributed by atoms with Crippen molar-refractivity contribution in [3.63, 3.8) is 0 Å². The summed E-state index contributed by atoms with van der Waals surface area (Å²) in [6.45, 7) is 1.96. The molecular formula is C10H11NO4. The summed E-state index contributed by atoms with van der Waals surface area (Å²) in [6.07, 6.45) is 1.86. The number of esters is 1. The highest BCUT2D eigenvalue weighted by molar-refractivity contribution is 6.06. The number of fused-ring (bicyclic) bond motifs is 1. The lowest BCUT2D eigenvalue weighted by molar-refractivity contribution is 0.0511. The number of carbonyl (C=O) groups excluding carboxylic acids is 2. The Labute approximate surface area is 86.4 Å². The van der Waals surface area contributed by atoms with Crippen molar-refractivity contribution in [1.29, 1.82) is 0 Å². The Hall–Kier alpha value is -1.65. The van der Waals surface area contributed by atoms with Gasteiger partial charge >= 0.3 is 5.97 Å². The van der Waals surface area contributed by atoms with Crippen molar-refractivity contribution in [2.75, 3.05) is 6.61 Å². The van der Waals surface area contributed by atoms with Crippen LogP contribution in [0.2, 0.25) is 0 Å². The second-order valence-electron chi connectivity index (χ2n) is 3.33. The lowest BCUT2D eigenvalue weighted by Crippen LogP contribution is -2.15. The molecule has 5 nitrogen and oxygen atoms in total. The molecule has 0 amide bonds. The Morgan fingerprint density at radius 1 is 1.53 bits per heavy atom. The summed E-state index contributed by atoms with van der Waals surface area (Å²) in [5, 5.41) is 3.60. The molecule has 0 unspecified atom stereocenters. The third-order valence-corrected chi connectivity index (χ3v) is 2.32. The van der Waals surface area contributed by atoms with Gasteiger partial charge in [-0.15, -0.1) is 0 Å². The molecule has 0 fully saturated rings. The molecule has 0 N–H and O–H groups in total. The van der Waals surface area contributed by atoms with Gasteiger partial charge in [-0.1, -0.05) is 5.16 Å². The SMILES string of the molecule is CCOC(=O)c1noc2c1C(=O)CCC2. The molecule has 1 aliphatic rings. The normalized spacial score (nSPS) is 14.9. The van der Waals surface area contributed by atoms with Crippen LogP contribution in [-0.2, 0) is 11.2 Å². The molecule has 1 aromatic rings. The van der Waals surface area contributed by atoms with Crippen LogP contribution in [0.1, 0.15) is 46.4 Å². The summed E-state index contributed by atoms with van der Waals surface area (Å²) in [5.74, 6) is -0.160. The molecule has 15 heavy (non-hydrogen) atoms. The zero-order valence-electron chi connectivity index (χ0n) is 8.41. The van der Waals surface area contributed by atoms with Crippen molar-refractivity contribution in [3.05, 3.63) is 17.0 Å². The second-order valence-corrected chi connectivity index (χ2v) is 3.33. The number of hydrogen-bond acceptors (Lipinski definition) is 5. The van der Waals surface area contributed by atoms with Gasteiger partial charge in [0.25, 0.3) is 0 Å². The fourth-order valence-electron chi connectivity index (χ4n) is 1.66. The number of hydrogen-bond donors (Lipinski definition) is 0. The van der Waals surface area contributed by atoms with Gasteiger partial charge in [0.2, 0.25) is 5.69 Å². The van der Waals surface area contributed by atoms with E-state index in [0.717, 1.165) is 6.42 Å². The van der Waals surface area contributed by atoms with Crippen molar-refractivity contribution in [2.24, 2.45) is 0 Å². The smallest absolute Gasteiger partial charge is 0.361 e. The van der Waals surface area contributed by atoms with E-state index in [1.54, 1.807) is 6.92 Å². The third-order valence-electron chi connectivity index (χ3n) is 2.32. The van der Waals surface area contributed by atoms with Crippen LogP contribution in [0.15, 0.2) is 4.52 Å². The van der Waals surface area contributed by atoms with E-state index in [4.69, 9.17) is 9.26 Å². The van der Waals surface area contributed by atoms with Gasteiger partial charge < -0.3 is 9.26 Å². The van der Waals surface area contributed by atoms with Crippen LogP contribution in [0, 0.1) is 0 Å². The van der Waals surface area contributed by atoms with Crippen LogP contribution in [0.25, 0.3) is 0 Å². The van der Waals surface area contributed by atoms with Crippen LogP contribution in [0.5, 0.6) is 0 Å². The number of ketones is 1. The molecule has 0 spiro atoms. The van der Waals surface area contributed by atoms with Gasteiger partial charge in [0.05, 0.1) is 12.2 Å². The maximum Gasteiger partial charge on any atom is 0.361 e. The zero-order chi connectivity index (χ0) is 10.8. The summed E-state index contributed by atoms with van der Waals surface area (Å²) >= 11 is 0. The van der Waals surface area contributed by atoms with Crippen molar-refractivity contribution >= 4 is 11.8 Å². The number of carbonyl (C=O) groups is 2. The Morgan fingerprint density at radius 2 is 2.33 bits per heavy atom. The Kier molecular flexibility index (Phi) is 2.53. The van der Waals surface area contributed by atoms with E-state index >= 15 is 0 Å². The summed E-state index contributed by atoms with van der Waals surface area (Å²) in [5.41, 5.74) is 0.344. The number of rotatable bonds is 2. The maximum atomic E-state index is 11.6. The lowest BCUT2D eigenvalue weighted by atomic mass is 9.95. The minimum absolute atomic E-state index is 0.0246. The molecule has 1 aliphatic carbocycles. The molecule has 0 aromatic carbocycles. The van der Waals surface area contributed by atoms with Gasteiger partial charge in [0.1, 0.15) is 5.76 Å². The number of nitrogens with zero attached hydrogens (tertiary/aromatic N) is 1. The molecule has 0 radical (unpaired) electrons. The Balaban J connectivity index is 2.37. The molecule has 0 saturated carbocycles. The monoisotopic (exact) mass is 209 g/mol. The number of Topliss-reactive ketones (excluding diaryl/α,β-unsaturated/α-hetero) is 1. The first-order chi connectivity index (χ1) is 7.24. The van der Waals surface area contributed by atoms with Crippen LogP contribution in [0.4, 0.5) is 0 Å². The van der Waals surface area contributed by atoms with E-state index in [1.807, 2.05) is 0 Å². The van der Waals surface area contributed by atoms with Gasteiger partial charge in [0, 0.05) is 12.8 Å². The molecule has 5 heteroatoms. The predicted molar refractivity (Wildman–Crippen MR) is 49.7 cm³/mol. The Morgan fingerprint density at radius 3 is 3.07 bits per heavy atom. The van der Waals surface area contributed by atoms with E-state index in [0.29, 0.717) is 24.2 Å². The molecule has 0 atom stereocenters. The third kappa shape index (κ3) is 1.65. The number of ether oxygens (including phenoxy) is 1. The number of aromatic nitrogens is 1. The van der Waals surface area contributed by atoms with Gasteiger partial charge in [-0.05, 0) is 13.3 Å². The molecular weight excluding hydrogens is 198 g/mol. The summed E-state index contributed by atoms with van der Waals surface area (Å²) in [6, 6.07) is 0. The van der Waals surface area contributed by atoms with Gasteiger partial charge in [-0.2, -0.15) is 0 Å². The minimum atomic E-state index is -0.585. The molecule has 2 rings (SSSR count). The lowest BCUT2D eigenvalue weighted by Gasteiger charge is -2.07. The van der Waals surface area contributed by atoms with Gasteiger partial charge in [-0.25, -0.2) is 4.79 Å². The topological polar surface area (TPSA) is 69.4 Å². The quantitative estimate of drug-likeness (QED) is 0.688. The van der Waals surface area contributed by atoms with Crippen LogP contribution in [-0.4, -0.2) is 23.5 Å². The largest absolute Gasteiger partial charge is 0.461 e. The first-order valence-electron chi connectivity index (χ1n) is 4.93. The standard InChI is InChI=1S/C10H11NO4/c1-2-14-10(13)9-8-6(12)4-3-5-7(8)15-11-9/h2-5H2,1H3. The zero-order valence-corrected chi connectivity index (χ0v) is 8.41. The van der Waals surface area contributed by atoms with Crippen molar-refractivity contribution in [1.82, 2.24) is 5.16 Å². The molecule has 0 aliphatic heterocycles. The average Bonchev–Trinajstić information content (AvgIpc) is 2.63.